The summed E-state index contributed by atoms with van der Waals surface area (Å²) in [5, 5.41) is 0. The van der Waals surface area contributed by atoms with Crippen molar-refractivity contribution in [2.24, 2.45) is 5.92 Å². The number of benzene rings is 2. The van der Waals surface area contributed by atoms with Crippen molar-refractivity contribution >= 4 is 27.5 Å². The lowest BCUT2D eigenvalue weighted by molar-refractivity contribution is 0.412. The molecule has 0 saturated carbocycles. The predicted octanol–water partition coefficient (Wildman–Crippen LogP) is 5.24. The molecule has 0 aliphatic heterocycles. The Morgan fingerprint density at radius 2 is 1.86 bits per heavy atom. The fourth-order valence-corrected chi connectivity index (χ4v) is 3.16. The van der Waals surface area contributed by atoms with Crippen molar-refractivity contribution in [3.63, 3.8) is 0 Å². The van der Waals surface area contributed by atoms with E-state index in [1.54, 1.807) is 19.2 Å². The maximum atomic E-state index is 13.2. The summed E-state index contributed by atoms with van der Waals surface area (Å²) in [6.45, 7) is 0. The molecule has 0 fully saturated rings. The van der Waals surface area contributed by atoms with E-state index in [4.69, 9.17) is 16.3 Å². The molecule has 0 heterocycles. The number of alkyl halides is 1. The van der Waals surface area contributed by atoms with Gasteiger partial charge in [0.1, 0.15) is 11.6 Å². The molecule has 0 spiro atoms. The Balaban J connectivity index is 2.07. The van der Waals surface area contributed by atoms with Crippen molar-refractivity contribution in [2.75, 3.05) is 13.0 Å². The van der Waals surface area contributed by atoms with E-state index in [0.29, 0.717) is 5.88 Å². The van der Waals surface area contributed by atoms with Gasteiger partial charge in [-0.3, -0.25) is 0 Å². The standard InChI is InChI=1S/C17H17BrClFO/c1-21-17-6-5-13(10-16(17)18)8-14(11-19)7-12-3-2-4-15(20)9-12/h2-6,9-10,14H,7-8,11H2,1H3. The van der Waals surface area contributed by atoms with Crippen LogP contribution in [0.15, 0.2) is 46.9 Å². The summed E-state index contributed by atoms with van der Waals surface area (Å²) < 4.78 is 19.4. The molecule has 0 N–H and O–H groups in total. The van der Waals surface area contributed by atoms with Crippen LogP contribution in [0, 0.1) is 11.7 Å². The van der Waals surface area contributed by atoms with Crippen LogP contribution in [-0.2, 0) is 12.8 Å². The fraction of sp³-hybridized carbons (Fsp3) is 0.294. The van der Waals surface area contributed by atoms with Crippen LogP contribution < -0.4 is 4.74 Å². The minimum atomic E-state index is -0.201. The Hall–Kier alpha value is -1.06. The van der Waals surface area contributed by atoms with Crippen LogP contribution in [0.3, 0.4) is 0 Å². The van der Waals surface area contributed by atoms with E-state index in [9.17, 15) is 4.39 Å². The van der Waals surface area contributed by atoms with Gasteiger partial charge in [-0.25, -0.2) is 4.39 Å². The Morgan fingerprint density at radius 1 is 1.14 bits per heavy atom. The molecule has 1 nitrogen and oxygen atoms in total. The summed E-state index contributed by atoms with van der Waals surface area (Å²) in [5.41, 5.74) is 2.16. The fourth-order valence-electron chi connectivity index (χ4n) is 2.35. The van der Waals surface area contributed by atoms with Gasteiger partial charge in [-0.2, -0.15) is 0 Å². The molecule has 0 saturated heterocycles. The number of hydrogen-bond donors (Lipinski definition) is 0. The monoisotopic (exact) mass is 370 g/mol. The molecule has 21 heavy (non-hydrogen) atoms. The molecule has 1 atom stereocenters. The Kier molecular flexibility index (Phi) is 6.07. The number of hydrogen-bond acceptors (Lipinski definition) is 1. The van der Waals surface area contributed by atoms with E-state index < -0.39 is 0 Å². The van der Waals surface area contributed by atoms with E-state index in [-0.39, 0.29) is 11.7 Å². The van der Waals surface area contributed by atoms with Gasteiger partial charge in [0.15, 0.2) is 0 Å². The first-order chi connectivity index (χ1) is 10.1. The van der Waals surface area contributed by atoms with Gasteiger partial charge in [0.2, 0.25) is 0 Å². The summed E-state index contributed by atoms with van der Waals surface area (Å²) in [4.78, 5) is 0. The molecule has 2 rings (SSSR count). The van der Waals surface area contributed by atoms with Crippen LogP contribution in [0.5, 0.6) is 5.75 Å². The second kappa shape index (κ2) is 7.81. The molecule has 4 heteroatoms. The Morgan fingerprint density at radius 3 is 2.43 bits per heavy atom. The largest absolute Gasteiger partial charge is 0.496 e. The normalized spacial score (nSPS) is 12.2. The molecule has 0 bridgehead atoms. The van der Waals surface area contributed by atoms with Crippen molar-refractivity contribution in [3.05, 3.63) is 63.9 Å². The first-order valence-electron chi connectivity index (χ1n) is 6.75. The lowest BCUT2D eigenvalue weighted by Crippen LogP contribution is -2.10. The minimum absolute atomic E-state index is 0.201. The summed E-state index contributed by atoms with van der Waals surface area (Å²) in [7, 11) is 1.64. The van der Waals surface area contributed by atoms with Crippen molar-refractivity contribution < 1.29 is 9.13 Å². The minimum Gasteiger partial charge on any atom is -0.496 e. The Bertz CT molecular complexity index is 603. The maximum Gasteiger partial charge on any atom is 0.133 e. The van der Waals surface area contributed by atoms with Crippen LogP contribution in [0.4, 0.5) is 4.39 Å². The third-order valence-corrected chi connectivity index (χ3v) is 4.43. The van der Waals surface area contributed by atoms with Crippen LogP contribution in [0.2, 0.25) is 0 Å². The summed E-state index contributed by atoms with van der Waals surface area (Å²) in [6.07, 6.45) is 1.62. The number of rotatable bonds is 6. The lowest BCUT2D eigenvalue weighted by atomic mass is 9.94. The van der Waals surface area contributed by atoms with Gasteiger partial charge >= 0.3 is 0 Å². The van der Waals surface area contributed by atoms with Crippen LogP contribution in [0.25, 0.3) is 0 Å². The average Bonchev–Trinajstić information content (AvgIpc) is 2.47. The third-order valence-electron chi connectivity index (χ3n) is 3.37. The van der Waals surface area contributed by atoms with Gasteiger partial charge in [0.25, 0.3) is 0 Å². The highest BCUT2D eigenvalue weighted by atomic mass is 79.9. The second-order valence-electron chi connectivity index (χ2n) is 5.03. The van der Waals surface area contributed by atoms with E-state index in [0.717, 1.165) is 28.6 Å². The van der Waals surface area contributed by atoms with Crippen LogP contribution >= 0.6 is 27.5 Å². The average molecular weight is 372 g/mol. The zero-order valence-corrected chi connectivity index (χ0v) is 14.1. The molecular weight excluding hydrogens is 355 g/mol. The first kappa shape index (κ1) is 16.3. The van der Waals surface area contributed by atoms with E-state index >= 15 is 0 Å². The van der Waals surface area contributed by atoms with Crippen molar-refractivity contribution in [1.82, 2.24) is 0 Å². The highest BCUT2D eigenvalue weighted by Crippen LogP contribution is 2.27. The third kappa shape index (κ3) is 4.72. The highest BCUT2D eigenvalue weighted by Gasteiger charge is 2.11. The molecule has 0 radical (unpaired) electrons. The predicted molar refractivity (Wildman–Crippen MR) is 88.7 cm³/mol. The van der Waals surface area contributed by atoms with Crippen molar-refractivity contribution in [3.8, 4) is 5.75 Å². The topological polar surface area (TPSA) is 9.23 Å². The molecule has 0 amide bonds. The lowest BCUT2D eigenvalue weighted by Gasteiger charge is -2.15. The molecule has 112 valence electrons. The molecule has 0 aliphatic carbocycles. The van der Waals surface area contributed by atoms with Crippen LogP contribution in [0.1, 0.15) is 11.1 Å². The number of methoxy groups -OCH3 is 1. The Labute approximate surface area is 138 Å². The maximum absolute atomic E-state index is 13.2. The van der Waals surface area contributed by atoms with Crippen LogP contribution in [-0.4, -0.2) is 13.0 Å². The second-order valence-corrected chi connectivity index (χ2v) is 6.19. The quantitative estimate of drug-likeness (QED) is 0.631. The van der Waals surface area contributed by atoms with Crippen molar-refractivity contribution in [1.29, 1.82) is 0 Å². The zero-order valence-electron chi connectivity index (χ0n) is 11.8. The smallest absolute Gasteiger partial charge is 0.133 e. The SMILES string of the molecule is COc1ccc(CC(CCl)Cc2cccc(F)c2)cc1Br. The van der Waals surface area contributed by atoms with Crippen molar-refractivity contribution in [2.45, 2.75) is 12.8 Å². The zero-order chi connectivity index (χ0) is 15.2. The molecular formula is C17H17BrClFO. The summed E-state index contributed by atoms with van der Waals surface area (Å²) >= 11 is 9.56. The first-order valence-corrected chi connectivity index (χ1v) is 8.08. The van der Waals surface area contributed by atoms with Gasteiger partial charge < -0.3 is 4.74 Å². The molecule has 2 aromatic carbocycles. The highest BCUT2D eigenvalue weighted by molar-refractivity contribution is 9.10. The van der Waals surface area contributed by atoms with Gasteiger partial charge in [0.05, 0.1) is 11.6 Å². The summed E-state index contributed by atoms with van der Waals surface area (Å²) in [5.74, 6) is 1.42. The van der Waals surface area contributed by atoms with Gasteiger partial charge in [-0.15, -0.1) is 11.6 Å². The molecule has 1 unspecified atom stereocenters. The number of ether oxygens (including phenoxy) is 1. The van der Waals surface area contributed by atoms with E-state index in [1.807, 2.05) is 24.3 Å². The molecule has 2 aromatic rings. The van der Waals surface area contributed by atoms with Gasteiger partial charge in [-0.05, 0) is 70.1 Å². The van der Waals surface area contributed by atoms with Gasteiger partial charge in [0, 0.05) is 5.88 Å². The van der Waals surface area contributed by atoms with E-state index in [2.05, 4.69) is 15.9 Å². The summed E-state index contributed by atoms with van der Waals surface area (Å²) in [6, 6.07) is 12.7. The molecule has 0 aliphatic rings. The number of halogens is 3. The van der Waals surface area contributed by atoms with Gasteiger partial charge in [-0.1, -0.05) is 18.2 Å². The van der Waals surface area contributed by atoms with E-state index in [1.165, 1.54) is 11.6 Å². The molecule has 0 aromatic heterocycles.